The number of para-hydroxylation sites is 2. The minimum atomic E-state index is 0.803. The van der Waals surface area contributed by atoms with Crippen molar-refractivity contribution < 1.29 is 9.47 Å². The Balaban J connectivity index is 1.36. The number of hydrogen-bond donors (Lipinski definition) is 0. The molecule has 0 spiro atoms. The molecule has 2 nitrogen and oxygen atoms in total. The number of ether oxygens (including phenoxy) is 2. The van der Waals surface area contributed by atoms with E-state index < -0.39 is 0 Å². The van der Waals surface area contributed by atoms with Crippen molar-refractivity contribution in [3.05, 3.63) is 119 Å². The molecule has 0 atom stereocenters. The van der Waals surface area contributed by atoms with E-state index >= 15 is 0 Å². The summed E-state index contributed by atoms with van der Waals surface area (Å²) in [5, 5.41) is 0. The number of unbranched alkanes of at least 4 members (excludes halogenated alkanes) is 19. The summed E-state index contributed by atoms with van der Waals surface area (Å²) in [6.45, 7) is 6.24. The van der Waals surface area contributed by atoms with Crippen LogP contribution in [0.1, 0.15) is 184 Å². The maximum Gasteiger partial charge on any atom is 0.119 e. The van der Waals surface area contributed by atoms with Crippen LogP contribution in [0.5, 0.6) is 11.5 Å². The van der Waals surface area contributed by atoms with Crippen molar-refractivity contribution in [2.24, 2.45) is 0 Å². The molecule has 4 aromatic carbocycles. The molecule has 0 aliphatic carbocycles. The van der Waals surface area contributed by atoms with Gasteiger partial charge in [0.1, 0.15) is 11.5 Å². The highest BCUT2D eigenvalue weighted by Crippen LogP contribution is 2.33. The van der Waals surface area contributed by atoms with Gasteiger partial charge in [-0.1, -0.05) is 196 Å². The summed E-state index contributed by atoms with van der Waals surface area (Å²) < 4.78 is 11.9. The van der Waals surface area contributed by atoms with Crippen molar-refractivity contribution in [3.8, 4) is 22.6 Å². The van der Waals surface area contributed by atoms with E-state index in [0.29, 0.717) is 0 Å². The summed E-state index contributed by atoms with van der Waals surface area (Å²) in [6.07, 6.45) is 34.9. The van der Waals surface area contributed by atoms with Gasteiger partial charge in [-0.05, 0) is 122 Å². The molecule has 312 valence electrons. The summed E-state index contributed by atoms with van der Waals surface area (Å²) in [6, 6.07) is 35.6. The van der Waals surface area contributed by atoms with Gasteiger partial charge in [0.15, 0.2) is 0 Å². The molecule has 0 aliphatic heterocycles. The van der Waals surface area contributed by atoms with Gasteiger partial charge in [0.2, 0.25) is 0 Å². The predicted octanol–water partition coefficient (Wildman–Crippen LogP) is 16.7. The van der Waals surface area contributed by atoms with Crippen LogP contribution in [0.4, 0.5) is 0 Å². The van der Waals surface area contributed by atoms with Gasteiger partial charge in [-0.2, -0.15) is 0 Å². The van der Waals surface area contributed by atoms with Crippen LogP contribution in [0.3, 0.4) is 0 Å². The van der Waals surface area contributed by atoms with E-state index in [-0.39, 0.29) is 0 Å². The molecule has 0 aliphatic rings. The summed E-state index contributed by atoms with van der Waals surface area (Å²) >= 11 is 0. The topological polar surface area (TPSA) is 18.5 Å². The molecular formula is C55H80O2. The highest BCUT2D eigenvalue weighted by atomic mass is 16.5. The SMILES string of the molecule is CCCCCCCCCCCCCc1ccc(CCCCCC)c(-c2cc(CCCCCCOc3ccccc3)ccc2CCCCCCOc2ccccc2)c1. The highest BCUT2D eigenvalue weighted by Gasteiger charge is 2.13. The van der Waals surface area contributed by atoms with Gasteiger partial charge in [0.05, 0.1) is 13.2 Å². The van der Waals surface area contributed by atoms with Crippen LogP contribution in [0.15, 0.2) is 97.1 Å². The Labute approximate surface area is 350 Å². The van der Waals surface area contributed by atoms with Crippen LogP contribution in [-0.4, -0.2) is 13.2 Å². The lowest BCUT2D eigenvalue weighted by Crippen LogP contribution is -2.00. The van der Waals surface area contributed by atoms with E-state index in [1.807, 2.05) is 36.4 Å². The number of benzene rings is 4. The lowest BCUT2D eigenvalue weighted by Gasteiger charge is -2.18. The van der Waals surface area contributed by atoms with Crippen molar-refractivity contribution in [2.75, 3.05) is 13.2 Å². The molecule has 4 aromatic rings. The van der Waals surface area contributed by atoms with E-state index in [1.165, 1.54) is 170 Å². The van der Waals surface area contributed by atoms with E-state index in [0.717, 1.165) is 50.4 Å². The summed E-state index contributed by atoms with van der Waals surface area (Å²) in [5.41, 5.74) is 9.18. The van der Waals surface area contributed by atoms with E-state index in [2.05, 4.69) is 74.5 Å². The number of aryl methyl sites for hydroxylation is 4. The average molecular weight is 773 g/mol. The standard InChI is InChI=1S/C55H80O2/c1-3-5-7-9-10-11-12-13-14-15-22-32-48-40-42-50(34-24-8-6-4-2)54(46-48)55-47-49(33-23-16-18-30-44-56-52-36-26-20-27-37-52)41-43-51(55)35-25-17-19-31-45-57-53-38-28-21-29-39-53/h20-21,26-29,36-43,46-47H,3-19,22-25,30-35,44-45H2,1-2H3. The fourth-order valence-corrected chi connectivity index (χ4v) is 8.20. The van der Waals surface area contributed by atoms with E-state index in [4.69, 9.17) is 9.47 Å². The molecule has 0 saturated heterocycles. The van der Waals surface area contributed by atoms with Gasteiger partial charge in [0, 0.05) is 0 Å². The molecule has 0 fully saturated rings. The molecule has 0 N–H and O–H groups in total. The Morgan fingerprint density at radius 3 is 1.05 bits per heavy atom. The van der Waals surface area contributed by atoms with Crippen LogP contribution in [0.2, 0.25) is 0 Å². The minimum absolute atomic E-state index is 0.803. The quantitative estimate of drug-likeness (QED) is 0.0440. The highest BCUT2D eigenvalue weighted by molar-refractivity contribution is 5.72. The fraction of sp³-hybridized carbons (Fsp3) is 0.564. The van der Waals surface area contributed by atoms with Gasteiger partial charge >= 0.3 is 0 Å². The van der Waals surface area contributed by atoms with Crippen LogP contribution < -0.4 is 9.47 Å². The Kier molecular flexibility index (Phi) is 24.7. The van der Waals surface area contributed by atoms with Crippen molar-refractivity contribution >= 4 is 0 Å². The molecule has 57 heavy (non-hydrogen) atoms. The molecule has 0 heterocycles. The fourth-order valence-electron chi connectivity index (χ4n) is 8.20. The lowest BCUT2D eigenvalue weighted by atomic mass is 9.87. The largest absolute Gasteiger partial charge is 0.494 e. The van der Waals surface area contributed by atoms with Gasteiger partial charge in [-0.15, -0.1) is 0 Å². The first-order valence-corrected chi connectivity index (χ1v) is 23.9. The third-order valence-electron chi connectivity index (χ3n) is 11.7. The average Bonchev–Trinajstić information content (AvgIpc) is 3.25. The molecule has 0 saturated carbocycles. The maximum absolute atomic E-state index is 5.98. The molecule has 2 heteroatoms. The molecule has 0 aromatic heterocycles. The predicted molar refractivity (Wildman–Crippen MR) is 248 cm³/mol. The normalized spacial score (nSPS) is 11.3. The van der Waals surface area contributed by atoms with Crippen LogP contribution in [0, 0.1) is 0 Å². The molecular weight excluding hydrogens is 693 g/mol. The third-order valence-corrected chi connectivity index (χ3v) is 11.7. The van der Waals surface area contributed by atoms with Crippen LogP contribution in [-0.2, 0) is 25.7 Å². The van der Waals surface area contributed by atoms with Gasteiger partial charge in [-0.25, -0.2) is 0 Å². The van der Waals surface area contributed by atoms with Crippen LogP contribution >= 0.6 is 0 Å². The van der Waals surface area contributed by atoms with Crippen molar-refractivity contribution in [2.45, 2.75) is 187 Å². The Morgan fingerprint density at radius 1 is 0.316 bits per heavy atom. The second kappa shape index (κ2) is 30.5. The van der Waals surface area contributed by atoms with Gasteiger partial charge in [0.25, 0.3) is 0 Å². The van der Waals surface area contributed by atoms with Gasteiger partial charge in [-0.3, -0.25) is 0 Å². The van der Waals surface area contributed by atoms with Gasteiger partial charge < -0.3 is 9.47 Å². The molecule has 4 rings (SSSR count). The molecule has 0 unspecified atom stereocenters. The van der Waals surface area contributed by atoms with Crippen LogP contribution in [0.25, 0.3) is 11.1 Å². The Bertz CT molecular complexity index is 1540. The zero-order chi connectivity index (χ0) is 39.9. The van der Waals surface area contributed by atoms with E-state index in [9.17, 15) is 0 Å². The molecule has 0 bridgehead atoms. The zero-order valence-corrected chi connectivity index (χ0v) is 36.6. The molecule has 0 amide bonds. The lowest BCUT2D eigenvalue weighted by molar-refractivity contribution is 0.304. The minimum Gasteiger partial charge on any atom is -0.494 e. The Hall–Kier alpha value is -3.52. The summed E-state index contributed by atoms with van der Waals surface area (Å²) in [4.78, 5) is 0. The van der Waals surface area contributed by atoms with E-state index in [1.54, 1.807) is 11.1 Å². The smallest absolute Gasteiger partial charge is 0.119 e. The first-order valence-electron chi connectivity index (χ1n) is 23.9. The first-order chi connectivity index (χ1) is 28.3. The molecule has 0 radical (unpaired) electrons. The number of rotatable bonds is 34. The second-order valence-corrected chi connectivity index (χ2v) is 16.7. The monoisotopic (exact) mass is 773 g/mol. The Morgan fingerprint density at radius 2 is 0.649 bits per heavy atom. The number of hydrogen-bond acceptors (Lipinski definition) is 2. The van der Waals surface area contributed by atoms with Crippen molar-refractivity contribution in [1.82, 2.24) is 0 Å². The first kappa shape index (κ1) is 46.2. The second-order valence-electron chi connectivity index (χ2n) is 16.7. The maximum atomic E-state index is 5.98. The third kappa shape index (κ3) is 20.1. The summed E-state index contributed by atoms with van der Waals surface area (Å²) in [5.74, 6) is 1.96. The zero-order valence-electron chi connectivity index (χ0n) is 36.6. The van der Waals surface area contributed by atoms with Crippen molar-refractivity contribution in [3.63, 3.8) is 0 Å². The van der Waals surface area contributed by atoms with Crippen molar-refractivity contribution in [1.29, 1.82) is 0 Å². The summed E-state index contributed by atoms with van der Waals surface area (Å²) in [7, 11) is 0.